The van der Waals surface area contributed by atoms with Crippen molar-refractivity contribution in [3.05, 3.63) is 0 Å². The van der Waals surface area contributed by atoms with E-state index in [9.17, 15) is 4.79 Å². The van der Waals surface area contributed by atoms with Gasteiger partial charge in [0.2, 0.25) is 5.91 Å². The predicted molar refractivity (Wildman–Crippen MR) is 80.6 cm³/mol. The molecule has 2 fully saturated rings. The topological polar surface area (TPSA) is 32.3 Å². The summed E-state index contributed by atoms with van der Waals surface area (Å²) in [6, 6.07) is 0.546. The van der Waals surface area contributed by atoms with Crippen LogP contribution in [0.4, 0.5) is 0 Å². The minimum Gasteiger partial charge on any atom is -0.338 e. The highest BCUT2D eigenvalue weighted by atomic mass is 35.5. The first-order chi connectivity index (χ1) is 8.33. The molecule has 1 heterocycles. The van der Waals surface area contributed by atoms with E-state index in [2.05, 4.69) is 22.0 Å². The van der Waals surface area contributed by atoms with Crippen LogP contribution in [0.15, 0.2) is 0 Å². The molecule has 2 atom stereocenters. The smallest absolute Gasteiger partial charge is 0.222 e. The standard InChI is InChI=1S/C13H24N2OS.ClH/c1-14-8-4-7-13(16)15-9-10-17-12-6-3-2-5-11(12)15;/h11-12,14H,2-10H2,1H3;1H. The van der Waals surface area contributed by atoms with Crippen molar-refractivity contribution in [2.24, 2.45) is 0 Å². The van der Waals surface area contributed by atoms with E-state index in [1.165, 1.54) is 25.7 Å². The summed E-state index contributed by atoms with van der Waals surface area (Å²) in [7, 11) is 1.94. The SMILES string of the molecule is CNCCCC(=O)N1CCSC2CCCCC21.Cl. The Morgan fingerprint density at radius 1 is 1.39 bits per heavy atom. The number of carbonyl (C=O) groups is 1. The van der Waals surface area contributed by atoms with Crippen LogP contribution in [0.2, 0.25) is 0 Å². The van der Waals surface area contributed by atoms with Crippen LogP contribution in [0.3, 0.4) is 0 Å². The molecule has 0 aromatic carbocycles. The van der Waals surface area contributed by atoms with E-state index in [-0.39, 0.29) is 12.4 Å². The molecule has 0 spiro atoms. The molecule has 2 aliphatic rings. The highest BCUT2D eigenvalue weighted by molar-refractivity contribution is 8.00. The Bertz CT molecular complexity index is 263. The van der Waals surface area contributed by atoms with Crippen LogP contribution < -0.4 is 5.32 Å². The third-order valence-corrected chi connectivity index (χ3v) is 5.27. The molecule has 0 aromatic rings. The Hall–Kier alpha value is 0.0700. The van der Waals surface area contributed by atoms with Gasteiger partial charge in [0, 0.05) is 30.0 Å². The summed E-state index contributed by atoms with van der Waals surface area (Å²) in [6.45, 7) is 1.92. The first kappa shape index (κ1) is 16.1. The normalized spacial score (nSPS) is 27.3. The second kappa shape index (κ2) is 8.28. The van der Waals surface area contributed by atoms with Crippen molar-refractivity contribution in [1.29, 1.82) is 0 Å². The van der Waals surface area contributed by atoms with E-state index in [4.69, 9.17) is 0 Å². The molecule has 5 heteroatoms. The number of halogens is 1. The maximum absolute atomic E-state index is 12.2. The molecular weight excluding hydrogens is 268 g/mol. The first-order valence-electron chi connectivity index (χ1n) is 6.88. The molecule has 106 valence electrons. The molecule has 1 saturated heterocycles. The molecule has 1 aliphatic heterocycles. The fourth-order valence-corrected chi connectivity index (χ4v) is 4.41. The Balaban J connectivity index is 0.00000162. The maximum Gasteiger partial charge on any atom is 0.222 e. The average Bonchev–Trinajstić information content (AvgIpc) is 2.38. The molecule has 0 bridgehead atoms. The van der Waals surface area contributed by atoms with Gasteiger partial charge in [-0.3, -0.25) is 4.79 Å². The molecule has 3 nitrogen and oxygen atoms in total. The summed E-state index contributed by atoms with van der Waals surface area (Å²) in [5.74, 6) is 1.52. The third-order valence-electron chi connectivity index (χ3n) is 3.87. The zero-order chi connectivity index (χ0) is 12.1. The number of hydrogen-bond acceptors (Lipinski definition) is 3. The molecule has 1 amide bonds. The highest BCUT2D eigenvalue weighted by Gasteiger charge is 2.35. The van der Waals surface area contributed by atoms with Crippen LogP contribution in [0.5, 0.6) is 0 Å². The van der Waals surface area contributed by atoms with Crippen molar-refractivity contribution >= 4 is 30.1 Å². The van der Waals surface area contributed by atoms with Gasteiger partial charge in [-0.05, 0) is 32.9 Å². The van der Waals surface area contributed by atoms with E-state index < -0.39 is 0 Å². The molecule has 18 heavy (non-hydrogen) atoms. The van der Waals surface area contributed by atoms with Gasteiger partial charge < -0.3 is 10.2 Å². The van der Waals surface area contributed by atoms with Crippen molar-refractivity contribution in [2.45, 2.75) is 49.8 Å². The van der Waals surface area contributed by atoms with Gasteiger partial charge >= 0.3 is 0 Å². The molecule has 1 N–H and O–H groups in total. The van der Waals surface area contributed by atoms with Crippen molar-refractivity contribution in [3.8, 4) is 0 Å². The number of amides is 1. The molecule has 0 radical (unpaired) electrons. The first-order valence-corrected chi connectivity index (χ1v) is 7.93. The van der Waals surface area contributed by atoms with Crippen LogP contribution in [0, 0.1) is 0 Å². The maximum atomic E-state index is 12.2. The van der Waals surface area contributed by atoms with Gasteiger partial charge in [0.15, 0.2) is 0 Å². The summed E-state index contributed by atoms with van der Waals surface area (Å²) in [5, 5.41) is 3.83. The van der Waals surface area contributed by atoms with Crippen LogP contribution in [-0.4, -0.2) is 48.0 Å². The summed E-state index contributed by atoms with van der Waals surface area (Å²) in [6.07, 6.45) is 6.90. The van der Waals surface area contributed by atoms with Crippen molar-refractivity contribution in [1.82, 2.24) is 10.2 Å². The van der Waals surface area contributed by atoms with Gasteiger partial charge in [-0.2, -0.15) is 11.8 Å². The quantitative estimate of drug-likeness (QED) is 0.807. The lowest BCUT2D eigenvalue weighted by Crippen LogP contribution is -2.51. The number of nitrogens with one attached hydrogen (secondary N) is 1. The van der Waals surface area contributed by atoms with Crippen LogP contribution >= 0.6 is 24.2 Å². The van der Waals surface area contributed by atoms with E-state index in [1.54, 1.807) is 0 Å². The van der Waals surface area contributed by atoms with Gasteiger partial charge in [0.1, 0.15) is 0 Å². The van der Waals surface area contributed by atoms with Crippen molar-refractivity contribution in [2.75, 3.05) is 25.9 Å². The predicted octanol–water partition coefficient (Wildman–Crippen LogP) is 2.29. The molecule has 1 saturated carbocycles. The molecule has 2 unspecified atom stereocenters. The number of nitrogens with zero attached hydrogens (tertiary/aromatic N) is 1. The number of carbonyl (C=O) groups excluding carboxylic acids is 1. The average molecular weight is 293 g/mol. The van der Waals surface area contributed by atoms with E-state index in [0.717, 1.165) is 30.5 Å². The third kappa shape index (κ3) is 4.04. The lowest BCUT2D eigenvalue weighted by Gasteiger charge is -2.43. The van der Waals surface area contributed by atoms with Gasteiger partial charge in [0.25, 0.3) is 0 Å². The Morgan fingerprint density at radius 3 is 2.94 bits per heavy atom. The molecule has 1 aliphatic carbocycles. The molecule has 0 aromatic heterocycles. The van der Waals surface area contributed by atoms with Crippen LogP contribution in [0.25, 0.3) is 0 Å². The highest BCUT2D eigenvalue weighted by Crippen LogP contribution is 2.35. The second-order valence-electron chi connectivity index (χ2n) is 5.06. The number of hydrogen-bond donors (Lipinski definition) is 1. The second-order valence-corrected chi connectivity index (χ2v) is 6.40. The van der Waals surface area contributed by atoms with Gasteiger partial charge in [-0.15, -0.1) is 12.4 Å². The van der Waals surface area contributed by atoms with Crippen molar-refractivity contribution < 1.29 is 4.79 Å². The monoisotopic (exact) mass is 292 g/mol. The fourth-order valence-electron chi connectivity index (χ4n) is 2.97. The largest absolute Gasteiger partial charge is 0.338 e. The lowest BCUT2D eigenvalue weighted by molar-refractivity contribution is -0.134. The molecular formula is C13H25ClN2OS. The van der Waals surface area contributed by atoms with Crippen molar-refractivity contribution in [3.63, 3.8) is 0 Å². The Labute approximate surface area is 121 Å². The fraction of sp³-hybridized carbons (Fsp3) is 0.923. The number of rotatable bonds is 4. The zero-order valence-electron chi connectivity index (χ0n) is 11.2. The minimum atomic E-state index is 0. The van der Waals surface area contributed by atoms with E-state index in [1.807, 2.05) is 7.05 Å². The summed E-state index contributed by atoms with van der Waals surface area (Å²) in [4.78, 5) is 14.4. The van der Waals surface area contributed by atoms with Gasteiger partial charge in [-0.25, -0.2) is 0 Å². The van der Waals surface area contributed by atoms with Gasteiger partial charge in [0.05, 0.1) is 0 Å². The van der Waals surface area contributed by atoms with E-state index in [0.29, 0.717) is 18.4 Å². The Morgan fingerprint density at radius 2 is 2.17 bits per heavy atom. The zero-order valence-corrected chi connectivity index (χ0v) is 12.8. The minimum absolute atomic E-state index is 0. The lowest BCUT2D eigenvalue weighted by atomic mass is 9.93. The number of thioether (sulfide) groups is 1. The summed E-state index contributed by atoms with van der Waals surface area (Å²) < 4.78 is 0. The Kier molecular flexibility index (Phi) is 7.42. The van der Waals surface area contributed by atoms with Crippen LogP contribution in [-0.2, 0) is 4.79 Å². The van der Waals surface area contributed by atoms with Gasteiger partial charge in [-0.1, -0.05) is 12.8 Å². The summed E-state index contributed by atoms with van der Waals surface area (Å²) in [5.41, 5.74) is 0. The summed E-state index contributed by atoms with van der Waals surface area (Å²) >= 11 is 2.09. The number of fused-ring (bicyclic) bond motifs is 1. The van der Waals surface area contributed by atoms with Crippen LogP contribution in [0.1, 0.15) is 38.5 Å². The molecule has 2 rings (SSSR count). The van der Waals surface area contributed by atoms with E-state index >= 15 is 0 Å².